The van der Waals surface area contributed by atoms with E-state index in [1.807, 2.05) is 112 Å². The van der Waals surface area contributed by atoms with E-state index in [2.05, 4.69) is 272 Å². The quantitative estimate of drug-likeness (QED) is 0.0399. The van der Waals surface area contributed by atoms with Crippen LogP contribution in [0.5, 0.6) is 0 Å². The van der Waals surface area contributed by atoms with Crippen molar-refractivity contribution < 1.29 is 105 Å². The van der Waals surface area contributed by atoms with Crippen LogP contribution >= 0.6 is 19.3 Å². The molecule has 4 aromatic carbocycles. The van der Waals surface area contributed by atoms with E-state index in [4.69, 9.17) is 20.4 Å². The molecule has 107 heavy (non-hydrogen) atoms. The molecule has 0 bridgehead atoms. The second-order valence-corrected chi connectivity index (χ2v) is 23.4. The molecule has 10 atom stereocenters. The van der Waals surface area contributed by atoms with E-state index in [1.54, 1.807) is 4.80 Å². The Labute approximate surface area is 704 Å². The first-order valence-corrected chi connectivity index (χ1v) is 35.8. The van der Waals surface area contributed by atoms with Crippen LogP contribution in [0.4, 0.5) is 0 Å². The number of benzene rings is 4. The number of piperidine rings is 4. The Morgan fingerprint density at radius 2 is 0.701 bits per heavy atom. The Hall–Kier alpha value is -3.75. The van der Waals surface area contributed by atoms with Gasteiger partial charge < -0.3 is 69.1 Å². The molecule has 608 valence electrons. The Balaban J connectivity index is -0.000000224. The van der Waals surface area contributed by atoms with E-state index in [1.165, 1.54) is 26.8 Å². The number of aryl methyl sites for hydroxylation is 2. The molecule has 16 N–H and O–H groups in total. The third-order valence-electron chi connectivity index (χ3n) is 17.4. The molecule has 0 aliphatic carbocycles. The number of nitrogens with zero attached hydrogens (tertiary/aromatic N) is 19. The summed E-state index contributed by atoms with van der Waals surface area (Å²) in [5, 5.41) is 82.2. The van der Waals surface area contributed by atoms with Gasteiger partial charge in [-0.15, -0.1) is 35.7 Å². The van der Waals surface area contributed by atoms with Crippen molar-refractivity contribution in [1.82, 2.24) is 107 Å². The third kappa shape index (κ3) is 33.5. The number of likely N-dealkylation sites (tertiary alicyclic amines) is 4. The van der Waals surface area contributed by atoms with Crippen molar-refractivity contribution in [3.63, 3.8) is 0 Å². The maximum absolute atomic E-state index is 7.35. The van der Waals surface area contributed by atoms with Crippen molar-refractivity contribution in [3.05, 3.63) is 195 Å². The van der Waals surface area contributed by atoms with Crippen LogP contribution in [0.2, 0.25) is 0 Å². The molecule has 4 aliphatic rings. The summed E-state index contributed by atoms with van der Waals surface area (Å²) in [7, 11) is 22.5. The number of aromatic amines is 1. The van der Waals surface area contributed by atoms with Gasteiger partial charge in [0.2, 0.25) is 0 Å². The molecule has 4 saturated heterocycles. The normalized spacial score (nSPS) is 21.5. The summed E-state index contributed by atoms with van der Waals surface area (Å²) in [5.74, 6) is 4.93. The summed E-state index contributed by atoms with van der Waals surface area (Å²) in [6.45, 7) is 35.5. The molecule has 10 unspecified atom stereocenters. The minimum Gasteiger partial charge on any atom is -0.459 e. The minimum absolute atomic E-state index is 0. The molecule has 4 aliphatic heterocycles. The van der Waals surface area contributed by atoms with Gasteiger partial charge in [0, 0.05) is 101 Å². The fourth-order valence-corrected chi connectivity index (χ4v) is 13.3. The van der Waals surface area contributed by atoms with Crippen LogP contribution in [0.25, 0.3) is 0 Å². The van der Waals surface area contributed by atoms with Crippen molar-refractivity contribution in [1.29, 1.82) is 0 Å². The van der Waals surface area contributed by atoms with Gasteiger partial charge in [0.1, 0.15) is 0 Å². The summed E-state index contributed by atoms with van der Waals surface area (Å²) in [4.78, 5) is 10.0. The SMILES string of the molecule is CC.CC.CC.CC.CC.N.NCO.NCO.NCO.NCO.P.[CH2-]N1CCC(c2ccccc2)(c2nn[nH]n2)C(C)C1.[CH2-]N1CCC(c2ccccc2)(c2nnn(C)n2)C(C)C1.[CH2-]N1CCC(c2ccccc2)(c2nnn(P)n2)C(C)C1.[CH2-]N1CCC(c2ccccc2)(c2nnnn2C)C(C)C1.[W].[W].[W].[W]. The second-order valence-electron chi connectivity index (χ2n) is 22.9. The fourth-order valence-electron chi connectivity index (χ4n) is 13.2. The first-order chi connectivity index (χ1) is 48.8. The molecular weight excluding hydrogens is 2080 g/mol. The number of nitrogens with one attached hydrogen (secondary N) is 1. The third-order valence-corrected chi connectivity index (χ3v) is 17.7. The molecule has 0 spiro atoms. The van der Waals surface area contributed by atoms with Crippen LogP contribution < -0.4 is 29.1 Å². The number of hydrogen-bond donors (Lipinski definition) is 10. The summed E-state index contributed by atoms with van der Waals surface area (Å²) in [5.41, 5.74) is 22.1. The van der Waals surface area contributed by atoms with E-state index in [-0.39, 0.29) is 149 Å². The van der Waals surface area contributed by atoms with Crippen LogP contribution in [0.15, 0.2) is 121 Å². The molecular formula is C72H133N25O4P2W4-4. The topological polar surface area (TPSA) is 418 Å². The molecule has 4 aromatic heterocycles. The van der Waals surface area contributed by atoms with Crippen LogP contribution in [-0.2, 0) is 120 Å². The van der Waals surface area contributed by atoms with E-state index in [0.717, 1.165) is 101 Å². The number of aliphatic hydroxyl groups is 4. The average Bonchev–Trinajstić information content (AvgIpc) is 1.77. The molecule has 29 nitrogen and oxygen atoms in total. The largest absolute Gasteiger partial charge is 0.459 e. The van der Waals surface area contributed by atoms with Gasteiger partial charge in [0.05, 0.1) is 55.6 Å². The summed E-state index contributed by atoms with van der Waals surface area (Å²) < 4.78 is 3.27. The summed E-state index contributed by atoms with van der Waals surface area (Å²) >= 11 is 0. The predicted octanol–water partition coefficient (Wildman–Crippen LogP) is 7.53. The molecule has 0 radical (unpaired) electrons. The smallest absolute Gasteiger partial charge is 0.185 e. The Kier molecular flexibility index (Phi) is 71.6. The molecule has 8 aromatic rings. The van der Waals surface area contributed by atoms with E-state index in [9.17, 15) is 0 Å². The predicted molar refractivity (Wildman–Crippen MR) is 424 cm³/mol. The number of rotatable bonds is 8. The molecule has 35 heteroatoms. The number of hydrogen-bond acceptors (Lipinski definition) is 25. The molecule has 4 fully saturated rings. The Bertz CT molecular complexity index is 3130. The Morgan fingerprint density at radius 1 is 0.430 bits per heavy atom. The van der Waals surface area contributed by atoms with Crippen LogP contribution in [0.1, 0.15) is 168 Å². The standard InChI is InChI=1S/2C15H20N5.C14H19N5P.C14H18N5.5C2H6.4CH5NO.H3N.H3P.4W/c1-12-11-19(2)10-9-15(12,13-7-5-4-6-8-13)14-16-17-18-20(14)3;1-12-11-19(2)10-9-15(12,13-7-5-4-6-8-13)14-16-18-20(3)17-14;1-11-10-18(2)9-8-14(11,12-6-4-3-5-7-12)13-15-17-19(20)16-13;1-11-10-19(2)9-8-14(11,13-15-17-18-16-13)12-6-4-3-5-7-12;5*1-2;4*2-1-3;;;;;;/h2*4-8,12H,2,9-11H2,1,3H3;3-7,11H,2,8-10,20H2,1H3;3-7,11H,2,8-10H2,1H3,(H,15,16,17,18);5*1-2H3;4*3H,1-2H2;2*1H3;;;;/q4*-1;;;;;;;;;;;;;;;. The van der Waals surface area contributed by atoms with E-state index in [0.29, 0.717) is 23.7 Å². The first kappa shape index (κ1) is 117. The van der Waals surface area contributed by atoms with E-state index < -0.39 is 0 Å². The van der Waals surface area contributed by atoms with Gasteiger partial charge in [-0.05, 0) is 145 Å². The summed E-state index contributed by atoms with van der Waals surface area (Å²) in [6, 6.07) is 42.2. The van der Waals surface area contributed by atoms with Gasteiger partial charge in [-0.1, -0.05) is 223 Å². The number of aliphatic hydroxyl groups excluding tert-OH is 4. The zero-order chi connectivity index (χ0) is 76.6. The maximum Gasteiger partial charge on any atom is 0.185 e. The zero-order valence-corrected chi connectivity index (χ0v) is 81.0. The van der Waals surface area contributed by atoms with Crippen LogP contribution in [-0.4, -0.2) is 200 Å². The first-order valence-electron chi connectivity index (χ1n) is 35.2. The van der Waals surface area contributed by atoms with Crippen molar-refractivity contribution in [2.45, 2.75) is 144 Å². The number of H-pyrrole nitrogens is 1. The van der Waals surface area contributed by atoms with Gasteiger partial charge in [-0.25, -0.2) is 4.68 Å². The number of nitrogens with two attached hydrogens (primary N) is 4. The Morgan fingerprint density at radius 3 is 0.935 bits per heavy atom. The fraction of sp³-hybridized carbons (Fsp3) is 0.556. The van der Waals surface area contributed by atoms with Gasteiger partial charge >= 0.3 is 0 Å². The van der Waals surface area contributed by atoms with Crippen LogP contribution in [0, 0.1) is 51.9 Å². The van der Waals surface area contributed by atoms with Crippen molar-refractivity contribution in [2.75, 3.05) is 79.3 Å². The average molecular weight is 2210 g/mol. The van der Waals surface area contributed by atoms with Gasteiger partial charge in [0.25, 0.3) is 0 Å². The minimum atomic E-state index is -0.250. The van der Waals surface area contributed by atoms with E-state index >= 15 is 0 Å². The van der Waals surface area contributed by atoms with Gasteiger partial charge in [0.15, 0.2) is 23.3 Å². The molecule has 8 heterocycles. The second kappa shape index (κ2) is 65.8. The number of aromatic nitrogens is 16. The van der Waals surface area contributed by atoms with Gasteiger partial charge in [-0.3, -0.25) is 28.2 Å². The molecule has 0 saturated carbocycles. The monoisotopic (exact) mass is 2210 g/mol. The van der Waals surface area contributed by atoms with Crippen molar-refractivity contribution >= 4 is 19.3 Å². The zero-order valence-electron chi connectivity index (χ0n) is 66.7. The molecule has 12 rings (SSSR count). The van der Waals surface area contributed by atoms with Crippen molar-refractivity contribution in [2.24, 2.45) is 60.7 Å². The molecule has 0 amide bonds. The summed E-state index contributed by atoms with van der Waals surface area (Å²) in [6.07, 6.45) is 3.86. The van der Waals surface area contributed by atoms with Crippen molar-refractivity contribution in [3.8, 4) is 0 Å². The maximum atomic E-state index is 7.35. The van der Waals surface area contributed by atoms with Gasteiger partial charge in [-0.2, -0.15) is 24.5 Å². The van der Waals surface area contributed by atoms with Crippen LogP contribution in [0.3, 0.4) is 0 Å². The number of tetrazole rings is 4.